The fourth-order valence-electron chi connectivity index (χ4n) is 2.29. The standard InChI is InChI=1S/C20H20FNO4/c1-13(19(23)22-17-9-10-17)26-20(24)15-3-2-4-18(11-15)25-12-14-5-7-16(21)8-6-14/h2-8,11,13,17H,9-10,12H2,1H3,(H,22,23). The summed E-state index contributed by atoms with van der Waals surface area (Å²) in [5.74, 6) is -0.697. The first-order chi connectivity index (χ1) is 12.5. The van der Waals surface area contributed by atoms with E-state index in [1.54, 1.807) is 43.3 Å². The van der Waals surface area contributed by atoms with E-state index in [1.165, 1.54) is 12.1 Å². The molecule has 6 heteroatoms. The van der Waals surface area contributed by atoms with Crippen LogP contribution >= 0.6 is 0 Å². The molecule has 26 heavy (non-hydrogen) atoms. The lowest BCUT2D eigenvalue weighted by molar-refractivity contribution is -0.129. The Labute approximate surface area is 151 Å². The van der Waals surface area contributed by atoms with Gasteiger partial charge < -0.3 is 14.8 Å². The van der Waals surface area contributed by atoms with Crippen molar-refractivity contribution in [3.8, 4) is 5.75 Å². The molecule has 1 N–H and O–H groups in total. The van der Waals surface area contributed by atoms with Gasteiger partial charge >= 0.3 is 5.97 Å². The third-order valence-corrected chi connectivity index (χ3v) is 3.97. The molecule has 0 aliphatic heterocycles. The number of rotatable bonds is 7. The van der Waals surface area contributed by atoms with Crippen LogP contribution in [0.5, 0.6) is 5.75 Å². The average molecular weight is 357 g/mol. The van der Waals surface area contributed by atoms with Crippen molar-refractivity contribution in [2.75, 3.05) is 0 Å². The monoisotopic (exact) mass is 357 g/mol. The zero-order chi connectivity index (χ0) is 18.5. The molecule has 0 aromatic heterocycles. The predicted octanol–water partition coefficient (Wildman–Crippen LogP) is 3.23. The van der Waals surface area contributed by atoms with Gasteiger partial charge in [0.1, 0.15) is 18.2 Å². The Morgan fingerprint density at radius 1 is 1.19 bits per heavy atom. The highest BCUT2D eigenvalue weighted by Crippen LogP contribution is 2.19. The van der Waals surface area contributed by atoms with E-state index in [0.717, 1.165) is 18.4 Å². The van der Waals surface area contributed by atoms with Crippen LogP contribution in [0.2, 0.25) is 0 Å². The van der Waals surface area contributed by atoms with Gasteiger partial charge in [-0.3, -0.25) is 4.79 Å². The second kappa shape index (κ2) is 7.99. The molecule has 1 saturated carbocycles. The van der Waals surface area contributed by atoms with Gasteiger partial charge in [0.15, 0.2) is 6.10 Å². The zero-order valence-electron chi connectivity index (χ0n) is 14.4. The topological polar surface area (TPSA) is 64.6 Å². The third-order valence-electron chi connectivity index (χ3n) is 3.97. The van der Waals surface area contributed by atoms with E-state index in [2.05, 4.69) is 5.32 Å². The van der Waals surface area contributed by atoms with Gasteiger partial charge in [-0.2, -0.15) is 0 Å². The highest BCUT2D eigenvalue weighted by molar-refractivity contribution is 5.92. The van der Waals surface area contributed by atoms with Crippen molar-refractivity contribution in [2.24, 2.45) is 0 Å². The molecule has 1 unspecified atom stereocenters. The fourth-order valence-corrected chi connectivity index (χ4v) is 2.29. The second-order valence-corrected chi connectivity index (χ2v) is 6.27. The smallest absolute Gasteiger partial charge is 0.339 e. The number of nitrogens with one attached hydrogen (secondary N) is 1. The fraction of sp³-hybridized carbons (Fsp3) is 0.300. The van der Waals surface area contributed by atoms with E-state index < -0.39 is 12.1 Å². The maximum Gasteiger partial charge on any atom is 0.339 e. The van der Waals surface area contributed by atoms with Crippen LogP contribution in [0, 0.1) is 5.82 Å². The van der Waals surface area contributed by atoms with Crippen molar-refractivity contribution in [3.63, 3.8) is 0 Å². The first-order valence-corrected chi connectivity index (χ1v) is 8.50. The molecule has 1 aliphatic rings. The molecular formula is C20H20FNO4. The molecule has 2 aromatic rings. The summed E-state index contributed by atoms with van der Waals surface area (Å²) in [6, 6.07) is 12.7. The number of esters is 1. The van der Waals surface area contributed by atoms with Crippen LogP contribution in [0.4, 0.5) is 4.39 Å². The van der Waals surface area contributed by atoms with Gasteiger partial charge in [-0.1, -0.05) is 18.2 Å². The Bertz CT molecular complexity index is 787. The Hall–Kier alpha value is -2.89. The highest BCUT2D eigenvalue weighted by Gasteiger charge is 2.27. The molecule has 2 aromatic carbocycles. The third kappa shape index (κ3) is 5.05. The van der Waals surface area contributed by atoms with Gasteiger partial charge in [-0.05, 0) is 55.7 Å². The molecule has 0 spiro atoms. The van der Waals surface area contributed by atoms with E-state index in [9.17, 15) is 14.0 Å². The summed E-state index contributed by atoms with van der Waals surface area (Å²) in [5.41, 5.74) is 1.11. The molecule has 0 saturated heterocycles. The SMILES string of the molecule is CC(OC(=O)c1cccc(OCc2ccc(F)cc2)c1)C(=O)NC1CC1. The number of carbonyl (C=O) groups is 2. The van der Waals surface area contributed by atoms with E-state index in [4.69, 9.17) is 9.47 Å². The van der Waals surface area contributed by atoms with Gasteiger partial charge in [0.2, 0.25) is 0 Å². The molecule has 136 valence electrons. The van der Waals surface area contributed by atoms with Crippen LogP contribution in [-0.4, -0.2) is 24.0 Å². The van der Waals surface area contributed by atoms with Gasteiger partial charge in [0.25, 0.3) is 5.91 Å². The Balaban J connectivity index is 1.56. The summed E-state index contributed by atoms with van der Waals surface area (Å²) >= 11 is 0. The number of benzene rings is 2. The molecule has 1 fully saturated rings. The van der Waals surface area contributed by atoms with E-state index in [-0.39, 0.29) is 24.4 Å². The van der Waals surface area contributed by atoms with Gasteiger partial charge in [0.05, 0.1) is 5.56 Å². The number of halogens is 1. The summed E-state index contributed by atoms with van der Waals surface area (Å²) in [7, 11) is 0. The zero-order valence-corrected chi connectivity index (χ0v) is 14.4. The molecule has 1 amide bonds. The first-order valence-electron chi connectivity index (χ1n) is 8.50. The van der Waals surface area contributed by atoms with E-state index >= 15 is 0 Å². The lowest BCUT2D eigenvalue weighted by atomic mass is 10.2. The second-order valence-electron chi connectivity index (χ2n) is 6.27. The average Bonchev–Trinajstić information content (AvgIpc) is 3.45. The van der Waals surface area contributed by atoms with Crippen molar-refractivity contribution in [2.45, 2.75) is 38.5 Å². The van der Waals surface area contributed by atoms with Crippen LogP contribution in [0.25, 0.3) is 0 Å². The molecule has 1 aliphatic carbocycles. The Morgan fingerprint density at radius 3 is 2.62 bits per heavy atom. The maximum absolute atomic E-state index is 12.9. The Kier molecular flexibility index (Phi) is 5.51. The summed E-state index contributed by atoms with van der Waals surface area (Å²) < 4.78 is 23.7. The number of hydrogen-bond donors (Lipinski definition) is 1. The van der Waals surface area contributed by atoms with Gasteiger partial charge in [-0.15, -0.1) is 0 Å². The van der Waals surface area contributed by atoms with Crippen molar-refractivity contribution in [3.05, 3.63) is 65.5 Å². The summed E-state index contributed by atoms with van der Waals surface area (Å²) in [5, 5.41) is 2.80. The normalized spacial score (nSPS) is 14.4. The van der Waals surface area contributed by atoms with Crippen LogP contribution in [-0.2, 0) is 16.1 Å². The largest absolute Gasteiger partial charge is 0.489 e. The van der Waals surface area contributed by atoms with Crippen molar-refractivity contribution < 1.29 is 23.5 Å². The van der Waals surface area contributed by atoms with Gasteiger partial charge in [-0.25, -0.2) is 9.18 Å². The molecule has 0 bridgehead atoms. The van der Waals surface area contributed by atoms with E-state index in [0.29, 0.717) is 11.3 Å². The lowest BCUT2D eigenvalue weighted by Crippen LogP contribution is -2.37. The maximum atomic E-state index is 12.9. The highest BCUT2D eigenvalue weighted by atomic mass is 19.1. The van der Waals surface area contributed by atoms with Crippen LogP contribution in [0.3, 0.4) is 0 Å². The van der Waals surface area contributed by atoms with Crippen LogP contribution < -0.4 is 10.1 Å². The summed E-state index contributed by atoms with van der Waals surface area (Å²) in [6.07, 6.45) is 1.09. The van der Waals surface area contributed by atoms with Crippen LogP contribution in [0.15, 0.2) is 48.5 Å². The van der Waals surface area contributed by atoms with E-state index in [1.807, 2.05) is 0 Å². The number of carbonyl (C=O) groups excluding carboxylic acids is 2. The molecule has 0 radical (unpaired) electrons. The quantitative estimate of drug-likeness (QED) is 0.773. The van der Waals surface area contributed by atoms with Crippen molar-refractivity contribution in [1.82, 2.24) is 5.32 Å². The minimum atomic E-state index is -0.855. The predicted molar refractivity (Wildman–Crippen MR) is 93.2 cm³/mol. The minimum absolute atomic E-state index is 0.215. The molecule has 1 atom stereocenters. The number of ether oxygens (including phenoxy) is 2. The molecule has 5 nitrogen and oxygen atoms in total. The summed E-state index contributed by atoms with van der Waals surface area (Å²) in [4.78, 5) is 24.1. The summed E-state index contributed by atoms with van der Waals surface area (Å²) in [6.45, 7) is 1.80. The molecular weight excluding hydrogens is 337 g/mol. The van der Waals surface area contributed by atoms with Crippen LogP contribution in [0.1, 0.15) is 35.7 Å². The molecule has 3 rings (SSSR count). The van der Waals surface area contributed by atoms with Gasteiger partial charge in [0, 0.05) is 6.04 Å². The minimum Gasteiger partial charge on any atom is -0.489 e. The lowest BCUT2D eigenvalue weighted by Gasteiger charge is -2.13. The Morgan fingerprint density at radius 2 is 1.92 bits per heavy atom. The van der Waals surface area contributed by atoms with Crippen molar-refractivity contribution >= 4 is 11.9 Å². The first kappa shape index (κ1) is 17.9. The molecule has 0 heterocycles. The number of hydrogen-bond acceptors (Lipinski definition) is 4. The van der Waals surface area contributed by atoms with Crippen molar-refractivity contribution in [1.29, 1.82) is 0 Å². The number of amides is 1.